The van der Waals surface area contributed by atoms with E-state index in [-0.39, 0.29) is 61.9 Å². The Kier molecular flexibility index (Phi) is 17.7. The van der Waals surface area contributed by atoms with Crippen molar-refractivity contribution < 1.29 is 33.3 Å². The Morgan fingerprint density at radius 2 is 1.30 bits per heavy atom. The van der Waals surface area contributed by atoms with Crippen molar-refractivity contribution in [3.8, 4) is 0 Å². The van der Waals surface area contributed by atoms with Crippen LogP contribution in [0.2, 0.25) is 0 Å². The van der Waals surface area contributed by atoms with Gasteiger partial charge in [0.1, 0.15) is 0 Å². The maximum absolute atomic E-state index is 12.3. The zero-order chi connectivity index (χ0) is 30.9. The zero-order valence-corrected chi connectivity index (χ0v) is 26.2. The number of amides is 3. The number of hydrogen-bond donors (Lipinski definition) is 5. The number of nitrogens with one attached hydrogen (secondary N) is 3. The fraction of sp³-hybridized carbons (Fsp3) is 0.893. The van der Waals surface area contributed by atoms with Crippen LogP contribution in [0.4, 0.5) is 0 Å². The number of carbonyl (C=O) groups excluding carboxylic acids is 3. The highest BCUT2D eigenvalue weighted by Crippen LogP contribution is 2.18. The lowest BCUT2D eigenvalue weighted by atomic mass is 9.95. The predicted molar refractivity (Wildman–Crippen MR) is 156 cm³/mol. The first-order valence-corrected chi connectivity index (χ1v) is 14.0. The fourth-order valence-corrected chi connectivity index (χ4v) is 3.04. The maximum Gasteiger partial charge on any atom is 0.222 e. The van der Waals surface area contributed by atoms with E-state index in [0.717, 1.165) is 0 Å². The highest BCUT2D eigenvalue weighted by Gasteiger charge is 2.25. The van der Waals surface area contributed by atoms with Gasteiger partial charge < -0.3 is 46.4 Å². The third-order valence-corrected chi connectivity index (χ3v) is 5.99. The van der Waals surface area contributed by atoms with Crippen molar-refractivity contribution >= 4 is 18.2 Å². The first kappa shape index (κ1) is 38.2. The highest BCUT2D eigenvalue weighted by atomic mass is 16.5. The first-order valence-electron chi connectivity index (χ1n) is 14.0. The van der Waals surface area contributed by atoms with Gasteiger partial charge in [0, 0.05) is 30.2 Å². The topological polar surface area (TPSA) is 176 Å². The van der Waals surface area contributed by atoms with E-state index in [2.05, 4.69) is 16.0 Å². The van der Waals surface area contributed by atoms with Crippen LogP contribution in [0, 0.1) is 10.8 Å². The normalized spacial score (nSPS) is 13.6. The summed E-state index contributed by atoms with van der Waals surface area (Å²) in [6.45, 7) is 19.2. The van der Waals surface area contributed by atoms with Gasteiger partial charge in [0.15, 0.2) is 0 Å². The van der Waals surface area contributed by atoms with Crippen molar-refractivity contribution in [3.63, 3.8) is 0 Å². The van der Waals surface area contributed by atoms with Crippen LogP contribution in [0.1, 0.15) is 68.2 Å². The van der Waals surface area contributed by atoms with E-state index in [4.69, 9.17) is 30.4 Å². The summed E-state index contributed by atoms with van der Waals surface area (Å²) < 4.78 is 22.8. The van der Waals surface area contributed by atoms with Crippen LogP contribution in [0.5, 0.6) is 0 Å². The van der Waals surface area contributed by atoms with Crippen molar-refractivity contribution in [1.29, 1.82) is 0 Å². The summed E-state index contributed by atoms with van der Waals surface area (Å²) in [5.41, 5.74) is 10.1. The third kappa shape index (κ3) is 20.1. The fourth-order valence-electron chi connectivity index (χ4n) is 3.04. The molecule has 0 bridgehead atoms. The van der Waals surface area contributed by atoms with Crippen LogP contribution >= 0.6 is 0 Å². The molecule has 0 aromatic rings. The highest BCUT2D eigenvalue weighted by molar-refractivity contribution is 5.76. The average Bonchev–Trinajstić information content (AvgIpc) is 2.86. The standard InChI is InChI=1S/C28H57N5O7/c1-25(2,15-29)18-39-20-27(5,6)33-24(36)10-12-38-14-22(32-21-34)13-37-11-9-23(35)31-17-28(7,8)40-19-26(3,4)16-30/h21-22H,9-20,29-30H2,1-8H3,(H,31,35)(H,32,34)(H,33,36). The van der Waals surface area contributed by atoms with E-state index in [9.17, 15) is 14.4 Å². The van der Waals surface area contributed by atoms with E-state index < -0.39 is 17.2 Å². The smallest absolute Gasteiger partial charge is 0.222 e. The minimum absolute atomic E-state index is 0.120. The van der Waals surface area contributed by atoms with E-state index in [1.165, 1.54) is 0 Å². The largest absolute Gasteiger partial charge is 0.379 e. The molecule has 40 heavy (non-hydrogen) atoms. The van der Waals surface area contributed by atoms with Gasteiger partial charge in [-0.05, 0) is 40.8 Å². The number of ether oxygens (including phenoxy) is 4. The van der Waals surface area contributed by atoms with Crippen LogP contribution in [0.3, 0.4) is 0 Å². The molecule has 0 fully saturated rings. The monoisotopic (exact) mass is 575 g/mol. The van der Waals surface area contributed by atoms with Gasteiger partial charge in [-0.3, -0.25) is 14.4 Å². The molecule has 0 rings (SSSR count). The Labute approximate surface area is 241 Å². The quantitative estimate of drug-likeness (QED) is 0.0819. The van der Waals surface area contributed by atoms with Crippen molar-refractivity contribution in [2.75, 3.05) is 65.9 Å². The van der Waals surface area contributed by atoms with Crippen molar-refractivity contribution in [3.05, 3.63) is 0 Å². The van der Waals surface area contributed by atoms with Gasteiger partial charge >= 0.3 is 0 Å². The van der Waals surface area contributed by atoms with Crippen LogP contribution in [0.15, 0.2) is 0 Å². The van der Waals surface area contributed by atoms with Gasteiger partial charge in [-0.2, -0.15) is 0 Å². The second-order valence-electron chi connectivity index (χ2n) is 13.1. The molecule has 0 saturated heterocycles. The molecular weight excluding hydrogens is 518 g/mol. The second-order valence-corrected chi connectivity index (χ2v) is 13.1. The predicted octanol–water partition coefficient (Wildman–Crippen LogP) is 0.707. The van der Waals surface area contributed by atoms with Crippen LogP contribution in [-0.2, 0) is 33.3 Å². The second kappa shape index (κ2) is 18.6. The molecule has 0 heterocycles. The van der Waals surface area contributed by atoms with Gasteiger partial charge in [0.25, 0.3) is 0 Å². The molecule has 0 aliphatic carbocycles. The van der Waals surface area contributed by atoms with Crippen molar-refractivity contribution in [2.24, 2.45) is 22.3 Å². The summed E-state index contributed by atoms with van der Waals surface area (Å²) in [4.78, 5) is 35.5. The number of carbonyl (C=O) groups is 3. The summed E-state index contributed by atoms with van der Waals surface area (Å²) in [6.07, 6.45) is 0.901. The van der Waals surface area contributed by atoms with E-state index >= 15 is 0 Å². The molecule has 7 N–H and O–H groups in total. The lowest BCUT2D eigenvalue weighted by Gasteiger charge is -2.31. The molecule has 1 unspecified atom stereocenters. The molecular formula is C28H57N5O7. The van der Waals surface area contributed by atoms with Gasteiger partial charge in [-0.1, -0.05) is 27.7 Å². The van der Waals surface area contributed by atoms with E-state index in [1.54, 1.807) is 0 Å². The SMILES string of the molecule is CC(C)(CN)COCC(C)(C)NC(=O)CCOCC(COCCC(=O)NCC(C)(C)OCC(C)(C)CN)NC=O. The number of rotatable bonds is 24. The lowest BCUT2D eigenvalue weighted by Crippen LogP contribution is -2.48. The van der Waals surface area contributed by atoms with Crippen LogP contribution < -0.4 is 27.4 Å². The molecule has 1 atom stereocenters. The molecule has 3 amide bonds. The molecule has 12 heteroatoms. The van der Waals surface area contributed by atoms with E-state index in [1.807, 2.05) is 55.4 Å². The minimum atomic E-state index is -0.534. The Morgan fingerprint density at radius 1 is 0.775 bits per heavy atom. The van der Waals surface area contributed by atoms with Crippen molar-refractivity contribution in [1.82, 2.24) is 16.0 Å². The summed E-state index contributed by atoms with van der Waals surface area (Å²) >= 11 is 0. The Balaban J connectivity index is 4.20. The first-order chi connectivity index (χ1) is 18.5. The molecule has 0 aliphatic heterocycles. The molecule has 236 valence electrons. The Bertz CT molecular complexity index is 745. The van der Waals surface area contributed by atoms with Crippen LogP contribution in [0.25, 0.3) is 0 Å². The van der Waals surface area contributed by atoms with Crippen molar-refractivity contribution in [2.45, 2.75) is 85.4 Å². The van der Waals surface area contributed by atoms with Gasteiger partial charge in [0.2, 0.25) is 18.2 Å². The molecule has 12 nitrogen and oxygen atoms in total. The molecule has 0 spiro atoms. The number of hydrogen-bond acceptors (Lipinski definition) is 9. The summed E-state index contributed by atoms with van der Waals surface area (Å²) in [7, 11) is 0. The molecule has 0 aliphatic rings. The summed E-state index contributed by atoms with van der Waals surface area (Å²) in [5, 5.41) is 8.43. The van der Waals surface area contributed by atoms with E-state index in [0.29, 0.717) is 45.9 Å². The molecule has 0 saturated carbocycles. The Hall–Kier alpha value is -1.83. The molecule has 0 aromatic heterocycles. The average molecular weight is 576 g/mol. The lowest BCUT2D eigenvalue weighted by molar-refractivity contribution is -0.125. The molecule has 0 aromatic carbocycles. The summed E-state index contributed by atoms with van der Waals surface area (Å²) in [5.74, 6) is -0.321. The molecule has 0 radical (unpaired) electrons. The van der Waals surface area contributed by atoms with Gasteiger partial charge in [0.05, 0.1) is 63.4 Å². The van der Waals surface area contributed by atoms with Crippen LogP contribution in [-0.4, -0.2) is 101 Å². The third-order valence-electron chi connectivity index (χ3n) is 5.99. The number of nitrogens with two attached hydrogens (primary N) is 2. The minimum Gasteiger partial charge on any atom is -0.379 e. The maximum atomic E-state index is 12.3. The summed E-state index contributed by atoms with van der Waals surface area (Å²) in [6, 6.07) is -0.405. The van der Waals surface area contributed by atoms with Gasteiger partial charge in [-0.15, -0.1) is 0 Å². The zero-order valence-electron chi connectivity index (χ0n) is 26.2. The van der Waals surface area contributed by atoms with Gasteiger partial charge in [-0.25, -0.2) is 0 Å². The Morgan fingerprint density at radius 3 is 1.82 bits per heavy atom.